The number of rotatable bonds is 3. The van der Waals surface area contributed by atoms with Crippen LogP contribution in [0.15, 0.2) is 72.6 Å². The molecule has 2 aromatic carbocycles. The van der Waals surface area contributed by atoms with E-state index in [4.69, 9.17) is 23.2 Å². The molecule has 1 amide bonds. The Morgan fingerprint density at radius 1 is 0.933 bits per heavy atom. The SMILES string of the molecule is O=C1C(=O)N(c2cc(Cl)cc(Cl)c2)C(c2ccc(O)cc2)/C1=C(\O)c1ccncc1. The minimum Gasteiger partial charge on any atom is -0.508 e. The molecule has 0 radical (unpaired) electrons. The summed E-state index contributed by atoms with van der Waals surface area (Å²) in [6.07, 6.45) is 2.94. The summed E-state index contributed by atoms with van der Waals surface area (Å²) in [5.41, 5.74) is 1.07. The van der Waals surface area contributed by atoms with E-state index in [2.05, 4.69) is 4.98 Å². The predicted octanol–water partition coefficient (Wildman–Crippen LogP) is 4.72. The summed E-state index contributed by atoms with van der Waals surface area (Å²) in [5.74, 6) is -1.99. The molecule has 8 heteroatoms. The Morgan fingerprint density at radius 2 is 1.53 bits per heavy atom. The number of phenolic OH excluding ortho intramolecular Hbond substituents is 1. The van der Waals surface area contributed by atoms with E-state index in [1.54, 1.807) is 12.1 Å². The third-order valence-corrected chi connectivity index (χ3v) is 5.17. The van der Waals surface area contributed by atoms with Crippen LogP contribution >= 0.6 is 23.2 Å². The number of amides is 1. The smallest absolute Gasteiger partial charge is 0.300 e. The van der Waals surface area contributed by atoms with Crippen LogP contribution in [0.4, 0.5) is 5.69 Å². The number of nitrogens with zero attached hydrogens (tertiary/aromatic N) is 2. The van der Waals surface area contributed by atoms with Crippen LogP contribution in [0, 0.1) is 0 Å². The Labute approximate surface area is 181 Å². The third-order valence-electron chi connectivity index (χ3n) is 4.73. The van der Waals surface area contributed by atoms with Gasteiger partial charge >= 0.3 is 0 Å². The van der Waals surface area contributed by atoms with Crippen molar-refractivity contribution >= 4 is 46.3 Å². The van der Waals surface area contributed by atoms with Crippen molar-refractivity contribution in [2.75, 3.05) is 4.90 Å². The highest BCUT2D eigenvalue weighted by Crippen LogP contribution is 2.43. The standard InChI is InChI=1S/C22H14Cl2N2O4/c23-14-9-15(24)11-16(10-14)26-19(12-1-3-17(27)4-2-12)18(21(29)22(26)30)20(28)13-5-7-25-8-6-13/h1-11,19,27-28H/b20-18+. The van der Waals surface area contributed by atoms with Gasteiger partial charge in [-0.15, -0.1) is 0 Å². The van der Waals surface area contributed by atoms with Crippen molar-refractivity contribution in [2.45, 2.75) is 6.04 Å². The highest BCUT2D eigenvalue weighted by atomic mass is 35.5. The van der Waals surface area contributed by atoms with Gasteiger partial charge in [-0.05, 0) is 48.0 Å². The molecular formula is C22H14Cl2N2O4. The lowest BCUT2D eigenvalue weighted by Crippen LogP contribution is -2.29. The number of aromatic nitrogens is 1. The number of carbonyl (C=O) groups is 2. The van der Waals surface area contributed by atoms with Crippen molar-refractivity contribution in [3.8, 4) is 5.75 Å². The van der Waals surface area contributed by atoms with Gasteiger partial charge in [-0.3, -0.25) is 19.5 Å². The van der Waals surface area contributed by atoms with E-state index in [0.717, 1.165) is 0 Å². The number of Topliss-reactive ketones (excluding diaryl/α,β-unsaturated/α-hetero) is 1. The van der Waals surface area contributed by atoms with Gasteiger partial charge in [-0.25, -0.2) is 0 Å². The number of ketones is 1. The van der Waals surface area contributed by atoms with Gasteiger partial charge in [0.1, 0.15) is 11.5 Å². The largest absolute Gasteiger partial charge is 0.508 e. The zero-order valence-electron chi connectivity index (χ0n) is 15.3. The number of carbonyl (C=O) groups excluding carboxylic acids is 2. The first-order valence-electron chi connectivity index (χ1n) is 8.83. The molecule has 1 fully saturated rings. The Hall–Kier alpha value is -3.35. The molecule has 0 aliphatic carbocycles. The molecule has 4 rings (SSSR count). The number of aliphatic hydroxyl groups is 1. The molecule has 6 nitrogen and oxygen atoms in total. The maximum atomic E-state index is 13.0. The summed E-state index contributed by atoms with van der Waals surface area (Å²) >= 11 is 12.2. The second-order valence-electron chi connectivity index (χ2n) is 6.62. The Kier molecular flexibility index (Phi) is 5.20. The van der Waals surface area contributed by atoms with Crippen LogP contribution in [0.3, 0.4) is 0 Å². The monoisotopic (exact) mass is 440 g/mol. The number of halogens is 2. The maximum absolute atomic E-state index is 13.0. The highest BCUT2D eigenvalue weighted by Gasteiger charge is 2.47. The summed E-state index contributed by atoms with van der Waals surface area (Å²) < 4.78 is 0. The Morgan fingerprint density at radius 3 is 2.13 bits per heavy atom. The van der Waals surface area contributed by atoms with Gasteiger partial charge in [-0.1, -0.05) is 35.3 Å². The molecule has 1 atom stereocenters. The minimum absolute atomic E-state index is 0.0237. The molecule has 30 heavy (non-hydrogen) atoms. The molecule has 0 spiro atoms. The molecule has 3 aromatic rings. The minimum atomic E-state index is -0.951. The normalized spacial score (nSPS) is 18.1. The molecule has 1 aliphatic heterocycles. The van der Waals surface area contributed by atoms with Crippen LogP contribution in [0.25, 0.3) is 5.76 Å². The number of phenols is 1. The van der Waals surface area contributed by atoms with E-state index in [0.29, 0.717) is 16.8 Å². The molecule has 1 unspecified atom stereocenters. The molecule has 2 heterocycles. The quantitative estimate of drug-likeness (QED) is 0.349. The highest BCUT2D eigenvalue weighted by molar-refractivity contribution is 6.52. The Bertz CT molecular complexity index is 1160. The zero-order valence-corrected chi connectivity index (χ0v) is 16.8. The van der Waals surface area contributed by atoms with Gasteiger partial charge in [0.2, 0.25) is 0 Å². The summed E-state index contributed by atoms with van der Waals surface area (Å²) in [6, 6.07) is 12.7. The summed E-state index contributed by atoms with van der Waals surface area (Å²) in [4.78, 5) is 31.1. The average Bonchev–Trinajstić information content (AvgIpc) is 2.99. The number of benzene rings is 2. The third kappa shape index (κ3) is 3.51. The molecule has 1 aromatic heterocycles. The molecule has 2 N–H and O–H groups in total. The van der Waals surface area contributed by atoms with Crippen LogP contribution < -0.4 is 4.90 Å². The fourth-order valence-corrected chi connectivity index (χ4v) is 3.93. The van der Waals surface area contributed by atoms with Crippen molar-refractivity contribution in [1.29, 1.82) is 0 Å². The number of pyridine rings is 1. The lowest BCUT2D eigenvalue weighted by atomic mass is 9.95. The van der Waals surface area contributed by atoms with E-state index in [1.807, 2.05) is 0 Å². The van der Waals surface area contributed by atoms with Gasteiger partial charge in [0.25, 0.3) is 11.7 Å². The molecular weight excluding hydrogens is 427 g/mol. The topological polar surface area (TPSA) is 90.7 Å². The number of anilines is 1. The van der Waals surface area contributed by atoms with Crippen LogP contribution in [-0.2, 0) is 9.59 Å². The predicted molar refractivity (Wildman–Crippen MR) is 114 cm³/mol. The molecule has 0 saturated carbocycles. The van der Waals surface area contributed by atoms with Gasteiger partial charge in [-0.2, -0.15) is 0 Å². The first kappa shape index (κ1) is 19.9. The van der Waals surface area contributed by atoms with Crippen LogP contribution in [0.1, 0.15) is 17.2 Å². The van der Waals surface area contributed by atoms with Gasteiger partial charge in [0.05, 0.1) is 11.6 Å². The molecule has 0 bridgehead atoms. The van der Waals surface area contributed by atoms with Crippen LogP contribution in [0.2, 0.25) is 10.0 Å². The number of hydrogen-bond donors (Lipinski definition) is 2. The van der Waals surface area contributed by atoms with E-state index in [1.165, 1.54) is 59.8 Å². The average molecular weight is 441 g/mol. The van der Waals surface area contributed by atoms with E-state index < -0.39 is 17.7 Å². The van der Waals surface area contributed by atoms with E-state index in [-0.39, 0.29) is 27.1 Å². The fraction of sp³-hybridized carbons (Fsp3) is 0.0455. The van der Waals surface area contributed by atoms with Crippen molar-refractivity contribution in [3.05, 3.63) is 93.7 Å². The lowest BCUT2D eigenvalue weighted by molar-refractivity contribution is -0.132. The van der Waals surface area contributed by atoms with Crippen LogP contribution in [0.5, 0.6) is 5.75 Å². The molecule has 1 saturated heterocycles. The van der Waals surface area contributed by atoms with Crippen molar-refractivity contribution in [3.63, 3.8) is 0 Å². The zero-order chi connectivity index (χ0) is 21.4. The molecule has 1 aliphatic rings. The van der Waals surface area contributed by atoms with Crippen molar-refractivity contribution in [2.24, 2.45) is 0 Å². The molecule has 150 valence electrons. The van der Waals surface area contributed by atoms with Crippen molar-refractivity contribution in [1.82, 2.24) is 4.98 Å². The first-order chi connectivity index (χ1) is 14.4. The second kappa shape index (κ2) is 7.82. The van der Waals surface area contributed by atoms with E-state index >= 15 is 0 Å². The van der Waals surface area contributed by atoms with Gasteiger partial charge in [0, 0.05) is 33.7 Å². The fourth-order valence-electron chi connectivity index (χ4n) is 3.41. The number of hydrogen-bond acceptors (Lipinski definition) is 5. The van der Waals surface area contributed by atoms with Crippen LogP contribution in [-0.4, -0.2) is 26.9 Å². The lowest BCUT2D eigenvalue weighted by Gasteiger charge is -2.25. The summed E-state index contributed by atoms with van der Waals surface area (Å²) in [7, 11) is 0. The van der Waals surface area contributed by atoms with Gasteiger partial charge in [0.15, 0.2) is 0 Å². The van der Waals surface area contributed by atoms with Gasteiger partial charge < -0.3 is 10.2 Å². The van der Waals surface area contributed by atoms with E-state index in [9.17, 15) is 19.8 Å². The summed E-state index contributed by atoms with van der Waals surface area (Å²) in [6.45, 7) is 0. The Balaban J connectivity index is 1.97. The second-order valence-corrected chi connectivity index (χ2v) is 7.50. The van der Waals surface area contributed by atoms with Crippen molar-refractivity contribution < 1.29 is 19.8 Å². The first-order valence-corrected chi connectivity index (χ1v) is 9.59. The maximum Gasteiger partial charge on any atom is 0.300 e. The number of aromatic hydroxyl groups is 1. The summed E-state index contributed by atoms with van der Waals surface area (Å²) in [5, 5.41) is 21.2. The number of aliphatic hydroxyl groups excluding tert-OH is 1.